The first kappa shape index (κ1) is 12.9. The van der Waals surface area contributed by atoms with Crippen molar-refractivity contribution in [1.82, 2.24) is 5.23 Å². The van der Waals surface area contributed by atoms with Crippen molar-refractivity contribution in [1.29, 1.82) is 0 Å². The molecule has 0 bridgehead atoms. The summed E-state index contributed by atoms with van der Waals surface area (Å²) >= 11 is 0. The van der Waals surface area contributed by atoms with Crippen LogP contribution in [0, 0.1) is 0 Å². The average molecular weight is 242 g/mol. The molecule has 1 spiro atoms. The van der Waals surface area contributed by atoms with Crippen molar-refractivity contribution in [2.45, 2.75) is 51.6 Å². The molecule has 0 aromatic rings. The highest BCUT2D eigenvalue weighted by molar-refractivity contribution is 6.66. The lowest BCUT2D eigenvalue weighted by atomic mass is 9.70. The molecule has 0 aliphatic carbocycles. The van der Waals surface area contributed by atoms with Crippen LogP contribution in [0.15, 0.2) is 0 Å². The lowest BCUT2D eigenvalue weighted by Crippen LogP contribution is -2.47. The molecule has 0 aromatic heterocycles. The molecule has 6 heteroatoms. The smallest absolute Gasteiger partial charge is 0.315 e. The van der Waals surface area contributed by atoms with Crippen molar-refractivity contribution < 1.29 is 18.8 Å². The quantitative estimate of drug-likeness (QED) is 0.579. The van der Waals surface area contributed by atoms with Gasteiger partial charge >= 0.3 is 12.7 Å². The second-order valence-corrected chi connectivity index (χ2v) is 5.82. The first-order valence-corrected chi connectivity index (χ1v) is 6.33. The summed E-state index contributed by atoms with van der Waals surface area (Å²) in [7, 11) is 0. The Labute approximate surface area is 102 Å². The molecule has 98 valence electrons. The molecule has 0 saturated carbocycles. The number of rotatable bonds is 2. The Bertz CT molecular complexity index is 296. The number of hydrogen-bond donors (Lipinski definition) is 1. The van der Waals surface area contributed by atoms with Crippen LogP contribution in [0.2, 0.25) is 6.32 Å². The van der Waals surface area contributed by atoms with E-state index in [9.17, 15) is 4.79 Å². The van der Waals surface area contributed by atoms with Crippen molar-refractivity contribution in [2.24, 2.45) is 0 Å². The average Bonchev–Trinajstić information content (AvgIpc) is 2.75. The first-order valence-electron chi connectivity index (χ1n) is 6.33. The van der Waals surface area contributed by atoms with E-state index in [1.54, 1.807) is 0 Å². The third kappa shape index (κ3) is 3.44. The SMILES string of the molecule is CC(C)(C)OC(=O)C[C@@H]1CC[B-]2(NCCO2)O1. The fourth-order valence-electron chi connectivity index (χ4n) is 2.43. The van der Waals surface area contributed by atoms with Gasteiger partial charge in [0.25, 0.3) is 0 Å². The molecule has 2 atom stereocenters. The van der Waals surface area contributed by atoms with Gasteiger partial charge in [-0.1, -0.05) is 6.42 Å². The Morgan fingerprint density at radius 1 is 1.53 bits per heavy atom. The maximum Gasteiger partial charge on any atom is 0.315 e. The molecule has 2 heterocycles. The molecule has 2 fully saturated rings. The van der Waals surface area contributed by atoms with Gasteiger partial charge in [0.15, 0.2) is 0 Å². The van der Waals surface area contributed by atoms with E-state index in [1.807, 2.05) is 20.8 Å². The molecule has 2 aliphatic heterocycles. The van der Waals surface area contributed by atoms with Crippen molar-refractivity contribution in [3.8, 4) is 0 Å². The second kappa shape index (κ2) is 4.59. The minimum absolute atomic E-state index is 0.0737. The first-order chi connectivity index (χ1) is 7.89. The standard InChI is InChI=1S/C11H21BNO4/c1-11(2,3)16-10(14)8-9-4-5-12(17-9)13-6-7-15-12/h9,13H,4-8H2,1-3H3/q-1/t9-,12?/m0/s1. The maximum atomic E-state index is 11.7. The summed E-state index contributed by atoms with van der Waals surface area (Å²) in [6.07, 6.45) is 1.95. The van der Waals surface area contributed by atoms with Crippen molar-refractivity contribution in [3.63, 3.8) is 0 Å². The van der Waals surface area contributed by atoms with E-state index in [0.29, 0.717) is 13.0 Å². The summed E-state index contributed by atoms with van der Waals surface area (Å²) in [6, 6.07) is 0. The third-order valence-electron chi connectivity index (χ3n) is 3.04. The highest BCUT2D eigenvalue weighted by Crippen LogP contribution is 2.30. The minimum Gasteiger partial charge on any atom is -0.554 e. The lowest BCUT2D eigenvalue weighted by Gasteiger charge is -2.31. The summed E-state index contributed by atoms with van der Waals surface area (Å²) < 4.78 is 16.7. The number of carbonyl (C=O) groups excluding carboxylic acids is 1. The number of hydrogen-bond acceptors (Lipinski definition) is 5. The number of carbonyl (C=O) groups is 1. The lowest BCUT2D eigenvalue weighted by molar-refractivity contribution is -0.156. The van der Waals surface area contributed by atoms with E-state index in [0.717, 1.165) is 19.3 Å². The molecule has 0 amide bonds. The van der Waals surface area contributed by atoms with Crippen LogP contribution in [0.5, 0.6) is 0 Å². The van der Waals surface area contributed by atoms with E-state index >= 15 is 0 Å². The Kier molecular flexibility index (Phi) is 3.47. The van der Waals surface area contributed by atoms with Crippen LogP contribution >= 0.6 is 0 Å². The fraction of sp³-hybridized carbons (Fsp3) is 0.909. The number of ether oxygens (including phenoxy) is 1. The molecule has 2 rings (SSSR count). The highest BCUT2D eigenvalue weighted by atomic mass is 16.6. The van der Waals surface area contributed by atoms with Crippen LogP contribution in [0.25, 0.3) is 0 Å². The van der Waals surface area contributed by atoms with E-state index in [4.69, 9.17) is 14.0 Å². The largest absolute Gasteiger partial charge is 0.554 e. The Balaban J connectivity index is 1.79. The zero-order valence-electron chi connectivity index (χ0n) is 10.8. The van der Waals surface area contributed by atoms with Crippen molar-refractivity contribution in [3.05, 3.63) is 0 Å². The number of nitrogens with one attached hydrogen (secondary N) is 1. The van der Waals surface area contributed by atoms with Gasteiger partial charge in [0.1, 0.15) is 5.60 Å². The van der Waals surface area contributed by atoms with Crippen LogP contribution in [0.1, 0.15) is 33.6 Å². The summed E-state index contributed by atoms with van der Waals surface area (Å²) in [5.74, 6) is -0.201. The topological polar surface area (TPSA) is 56.8 Å². The summed E-state index contributed by atoms with van der Waals surface area (Å²) in [4.78, 5) is 11.7. The predicted molar refractivity (Wildman–Crippen MR) is 64.5 cm³/mol. The zero-order chi connectivity index (χ0) is 12.5. The van der Waals surface area contributed by atoms with E-state index in [-0.39, 0.29) is 12.1 Å². The molecule has 17 heavy (non-hydrogen) atoms. The molecule has 1 unspecified atom stereocenters. The Morgan fingerprint density at radius 2 is 2.29 bits per heavy atom. The van der Waals surface area contributed by atoms with Gasteiger partial charge in [-0.05, 0) is 27.3 Å². The zero-order valence-corrected chi connectivity index (χ0v) is 10.8. The molecule has 0 aromatic carbocycles. The summed E-state index contributed by atoms with van der Waals surface area (Å²) in [5.41, 5.74) is -0.430. The molecule has 2 aliphatic rings. The minimum atomic E-state index is -1.30. The molecule has 5 nitrogen and oxygen atoms in total. The van der Waals surface area contributed by atoms with Gasteiger partial charge in [0.05, 0.1) is 6.42 Å². The Morgan fingerprint density at radius 3 is 2.88 bits per heavy atom. The molecule has 2 saturated heterocycles. The van der Waals surface area contributed by atoms with Crippen molar-refractivity contribution in [2.75, 3.05) is 13.2 Å². The maximum absolute atomic E-state index is 11.7. The van der Waals surface area contributed by atoms with Crippen LogP contribution in [-0.4, -0.2) is 37.5 Å². The van der Waals surface area contributed by atoms with E-state index in [1.165, 1.54) is 0 Å². The third-order valence-corrected chi connectivity index (χ3v) is 3.04. The van der Waals surface area contributed by atoms with E-state index < -0.39 is 12.3 Å². The van der Waals surface area contributed by atoms with Gasteiger partial charge in [-0.2, -0.15) is 0 Å². The summed E-state index contributed by atoms with van der Waals surface area (Å²) in [6.45, 7) is 5.83. The van der Waals surface area contributed by atoms with Gasteiger partial charge in [-0.15, -0.1) is 6.32 Å². The normalized spacial score (nSPS) is 33.2. The Hall–Kier alpha value is -0.585. The van der Waals surface area contributed by atoms with Crippen LogP contribution in [0.3, 0.4) is 0 Å². The van der Waals surface area contributed by atoms with E-state index in [2.05, 4.69) is 5.23 Å². The van der Waals surface area contributed by atoms with Crippen LogP contribution in [0.4, 0.5) is 0 Å². The fourth-order valence-corrected chi connectivity index (χ4v) is 2.43. The molecule has 1 N–H and O–H groups in total. The molecular formula is C11H21BNO4-. The van der Waals surface area contributed by atoms with Gasteiger partial charge in [-0.3, -0.25) is 4.79 Å². The second-order valence-electron chi connectivity index (χ2n) is 5.82. The van der Waals surface area contributed by atoms with Gasteiger partial charge < -0.3 is 19.3 Å². The highest BCUT2D eigenvalue weighted by Gasteiger charge is 2.39. The molecular weight excluding hydrogens is 221 g/mol. The number of esters is 1. The summed E-state index contributed by atoms with van der Waals surface area (Å²) in [5, 5.41) is 3.25. The molecule has 0 radical (unpaired) electrons. The van der Waals surface area contributed by atoms with Crippen LogP contribution in [-0.2, 0) is 18.8 Å². The van der Waals surface area contributed by atoms with Crippen molar-refractivity contribution >= 4 is 12.7 Å². The van der Waals surface area contributed by atoms with Crippen LogP contribution < -0.4 is 5.23 Å². The van der Waals surface area contributed by atoms with Gasteiger partial charge in [-0.25, -0.2) is 0 Å². The van der Waals surface area contributed by atoms with Gasteiger partial charge in [0.2, 0.25) is 0 Å². The monoisotopic (exact) mass is 242 g/mol. The predicted octanol–water partition coefficient (Wildman–Crippen LogP) is 1.07. The van der Waals surface area contributed by atoms with Gasteiger partial charge in [0, 0.05) is 12.7 Å².